The molecule has 0 bridgehead atoms. The monoisotopic (exact) mass is 439 g/mol. The molecule has 2 aromatic rings. The van der Waals surface area contributed by atoms with E-state index >= 15 is 0 Å². The van der Waals surface area contributed by atoms with Crippen LogP contribution in [0.5, 0.6) is 5.75 Å². The van der Waals surface area contributed by atoms with Crippen LogP contribution < -0.4 is 9.30 Å². The molecule has 2 aliphatic rings. The van der Waals surface area contributed by atoms with Gasteiger partial charge in [-0.05, 0) is 74.1 Å². The maximum Gasteiger partial charge on any atom is 0.348 e. The Kier molecular flexibility index (Phi) is 7.22. The second-order valence-corrected chi connectivity index (χ2v) is 10.1. The van der Waals surface area contributed by atoms with E-state index in [0.717, 1.165) is 43.5 Å². The molecule has 32 heavy (non-hydrogen) atoms. The van der Waals surface area contributed by atoms with Crippen LogP contribution >= 0.6 is 0 Å². The van der Waals surface area contributed by atoms with Crippen molar-refractivity contribution in [1.29, 1.82) is 0 Å². The number of esters is 1. The van der Waals surface area contributed by atoms with Crippen LogP contribution in [0.4, 0.5) is 0 Å². The molecule has 0 radical (unpaired) electrons. The van der Waals surface area contributed by atoms with Gasteiger partial charge in [0.05, 0.1) is 13.7 Å². The lowest BCUT2D eigenvalue weighted by Crippen LogP contribution is -2.44. The lowest BCUT2D eigenvalue weighted by Gasteiger charge is -2.36. The number of rotatable bonds is 6. The Morgan fingerprint density at radius 1 is 1.16 bits per heavy atom. The summed E-state index contributed by atoms with van der Waals surface area (Å²) >= 11 is 0. The number of benzene rings is 1. The van der Waals surface area contributed by atoms with Gasteiger partial charge < -0.3 is 9.47 Å². The number of ether oxygens (including phenoxy) is 2. The summed E-state index contributed by atoms with van der Waals surface area (Å²) in [5, 5.41) is 0. The first-order chi connectivity index (χ1) is 15.5. The van der Waals surface area contributed by atoms with Crippen LogP contribution in [-0.2, 0) is 29.0 Å². The first kappa shape index (κ1) is 22.9. The molecule has 5 heteroatoms. The molecule has 174 valence electrons. The highest BCUT2D eigenvalue weighted by Gasteiger charge is 2.34. The van der Waals surface area contributed by atoms with E-state index in [0.29, 0.717) is 24.3 Å². The fraction of sp³-hybridized carbons (Fsp3) is 0.630. The van der Waals surface area contributed by atoms with Gasteiger partial charge in [0.1, 0.15) is 18.1 Å². The third-order valence-electron chi connectivity index (χ3n) is 7.42. The average molecular weight is 440 g/mol. The van der Waals surface area contributed by atoms with Gasteiger partial charge in [0.2, 0.25) is 0 Å². The highest BCUT2D eigenvalue weighted by Crippen LogP contribution is 2.35. The van der Waals surface area contributed by atoms with Crippen LogP contribution in [0.3, 0.4) is 0 Å². The standard InChI is InChI=1S/C27H39N2O3/c1-19(2)23-14-9-20(3)16-25(23)32-27(30)18-28-17-24(21-10-12-22(31-4)13-11-21)29-15-7-5-6-8-26(28)29/h10-13,17,19-20,23,25H,5-9,14-16,18H2,1-4H3/q+1/t20-,23-,25+/m1/s1. The highest BCUT2D eigenvalue weighted by molar-refractivity contribution is 5.68. The number of hydrogen-bond donors (Lipinski definition) is 0. The van der Waals surface area contributed by atoms with Crippen molar-refractivity contribution in [3.05, 3.63) is 36.3 Å². The molecule has 1 aromatic heterocycles. The Morgan fingerprint density at radius 2 is 1.94 bits per heavy atom. The van der Waals surface area contributed by atoms with Crippen molar-refractivity contribution in [3.8, 4) is 17.0 Å². The topological polar surface area (TPSA) is 44.3 Å². The van der Waals surface area contributed by atoms with Gasteiger partial charge in [-0.2, -0.15) is 0 Å². The summed E-state index contributed by atoms with van der Waals surface area (Å²) in [5.74, 6) is 3.64. The fourth-order valence-corrected chi connectivity index (χ4v) is 5.57. The Balaban J connectivity index is 1.56. The first-order valence-electron chi connectivity index (χ1n) is 12.4. The number of aromatic nitrogens is 2. The van der Waals surface area contributed by atoms with Gasteiger partial charge in [0.15, 0.2) is 12.2 Å². The third kappa shape index (κ3) is 5.02. The summed E-state index contributed by atoms with van der Waals surface area (Å²) in [7, 11) is 1.69. The molecule has 5 nitrogen and oxygen atoms in total. The van der Waals surface area contributed by atoms with E-state index in [1.54, 1.807) is 7.11 Å². The number of fused-ring (bicyclic) bond motifs is 1. The van der Waals surface area contributed by atoms with Crippen molar-refractivity contribution < 1.29 is 18.8 Å². The fourth-order valence-electron chi connectivity index (χ4n) is 5.57. The number of methoxy groups -OCH3 is 1. The summed E-state index contributed by atoms with van der Waals surface area (Å²) in [6.45, 7) is 8.08. The summed E-state index contributed by atoms with van der Waals surface area (Å²) in [4.78, 5) is 13.1. The lowest BCUT2D eigenvalue weighted by atomic mass is 9.75. The van der Waals surface area contributed by atoms with Crippen LogP contribution in [0, 0.1) is 17.8 Å². The van der Waals surface area contributed by atoms with Gasteiger partial charge in [-0.25, -0.2) is 13.9 Å². The molecule has 0 saturated heterocycles. The van der Waals surface area contributed by atoms with E-state index < -0.39 is 0 Å². The third-order valence-corrected chi connectivity index (χ3v) is 7.42. The largest absolute Gasteiger partial charge is 0.497 e. The van der Waals surface area contributed by atoms with Gasteiger partial charge in [-0.1, -0.05) is 27.2 Å². The predicted molar refractivity (Wildman–Crippen MR) is 125 cm³/mol. The molecule has 1 aliphatic heterocycles. The minimum Gasteiger partial charge on any atom is -0.497 e. The number of hydrogen-bond acceptors (Lipinski definition) is 3. The van der Waals surface area contributed by atoms with Gasteiger partial charge in [-0.3, -0.25) is 0 Å². The molecule has 3 atom stereocenters. The zero-order chi connectivity index (χ0) is 22.7. The second-order valence-electron chi connectivity index (χ2n) is 10.1. The molecule has 1 aliphatic carbocycles. The second kappa shape index (κ2) is 10.1. The number of carbonyl (C=O) groups is 1. The van der Waals surface area contributed by atoms with E-state index in [1.165, 1.54) is 30.8 Å². The van der Waals surface area contributed by atoms with Crippen molar-refractivity contribution in [1.82, 2.24) is 4.57 Å². The molecule has 0 unspecified atom stereocenters. The smallest absolute Gasteiger partial charge is 0.348 e. The van der Waals surface area contributed by atoms with Crippen molar-refractivity contribution in [2.75, 3.05) is 7.11 Å². The first-order valence-corrected chi connectivity index (χ1v) is 12.4. The quantitative estimate of drug-likeness (QED) is 0.460. The number of imidazole rings is 1. The Morgan fingerprint density at radius 3 is 2.66 bits per heavy atom. The normalized spacial score (nSPS) is 23.5. The molecule has 0 amide bonds. The summed E-state index contributed by atoms with van der Waals surface area (Å²) in [5.41, 5.74) is 2.32. The van der Waals surface area contributed by atoms with E-state index in [9.17, 15) is 4.79 Å². The zero-order valence-corrected chi connectivity index (χ0v) is 20.2. The van der Waals surface area contributed by atoms with Crippen molar-refractivity contribution in [2.45, 2.75) is 84.9 Å². The predicted octanol–water partition coefficient (Wildman–Crippen LogP) is 5.18. The van der Waals surface area contributed by atoms with Crippen LogP contribution in [0.25, 0.3) is 11.3 Å². The van der Waals surface area contributed by atoms with Crippen molar-refractivity contribution in [2.24, 2.45) is 17.8 Å². The molecule has 0 N–H and O–H groups in total. The summed E-state index contributed by atoms with van der Waals surface area (Å²) in [6.07, 6.45) is 10.1. The molecule has 1 aromatic carbocycles. The van der Waals surface area contributed by atoms with Crippen molar-refractivity contribution >= 4 is 5.97 Å². The van der Waals surface area contributed by atoms with E-state index in [1.807, 2.05) is 12.1 Å². The molecular formula is C27H39N2O3+. The zero-order valence-electron chi connectivity index (χ0n) is 20.2. The summed E-state index contributed by atoms with van der Waals surface area (Å²) in [6, 6.07) is 8.21. The molecule has 0 spiro atoms. The molecule has 4 rings (SSSR count). The van der Waals surface area contributed by atoms with Gasteiger partial charge in [0, 0.05) is 12.0 Å². The molecule has 1 saturated carbocycles. The van der Waals surface area contributed by atoms with E-state index in [-0.39, 0.29) is 12.1 Å². The van der Waals surface area contributed by atoms with Crippen LogP contribution in [-0.4, -0.2) is 23.8 Å². The van der Waals surface area contributed by atoms with Gasteiger partial charge in [0.25, 0.3) is 5.82 Å². The maximum absolute atomic E-state index is 13.1. The minimum atomic E-state index is -0.0984. The number of carbonyl (C=O) groups excluding carboxylic acids is 1. The van der Waals surface area contributed by atoms with Gasteiger partial charge >= 0.3 is 5.97 Å². The number of nitrogens with zero attached hydrogens (tertiary/aromatic N) is 2. The summed E-state index contributed by atoms with van der Waals surface area (Å²) < 4.78 is 16.0. The average Bonchev–Trinajstić information content (AvgIpc) is 2.94. The van der Waals surface area contributed by atoms with E-state index in [4.69, 9.17) is 9.47 Å². The van der Waals surface area contributed by atoms with E-state index in [2.05, 4.69) is 48.2 Å². The van der Waals surface area contributed by atoms with Crippen LogP contribution in [0.1, 0.15) is 65.1 Å². The highest BCUT2D eigenvalue weighted by atomic mass is 16.5. The molecular weight excluding hydrogens is 400 g/mol. The lowest BCUT2D eigenvalue weighted by molar-refractivity contribution is -0.692. The molecule has 2 heterocycles. The Hall–Kier alpha value is -2.30. The van der Waals surface area contributed by atoms with Crippen LogP contribution in [0.15, 0.2) is 30.5 Å². The van der Waals surface area contributed by atoms with Crippen LogP contribution in [0.2, 0.25) is 0 Å². The Bertz CT molecular complexity index is 916. The molecule has 1 fully saturated rings. The Labute approximate surface area is 192 Å². The minimum absolute atomic E-state index is 0.0501. The maximum atomic E-state index is 13.1. The van der Waals surface area contributed by atoms with Crippen molar-refractivity contribution in [3.63, 3.8) is 0 Å². The SMILES string of the molecule is COc1ccc(-c2c[n+](CC(=O)O[C@H]3C[C@H](C)CC[C@@H]3C(C)C)c3n2CCCCC3)cc1. The van der Waals surface area contributed by atoms with Gasteiger partial charge in [-0.15, -0.1) is 0 Å².